The van der Waals surface area contributed by atoms with Crippen molar-refractivity contribution < 1.29 is 0 Å². The van der Waals surface area contributed by atoms with E-state index < -0.39 is 0 Å². The Kier molecular flexibility index (Phi) is 4.08. The first-order chi connectivity index (χ1) is 7.08. The van der Waals surface area contributed by atoms with Crippen molar-refractivity contribution in [2.45, 2.75) is 10.8 Å². The van der Waals surface area contributed by atoms with Gasteiger partial charge in [-0.1, -0.05) is 34.7 Å². The van der Waals surface area contributed by atoms with E-state index in [-0.39, 0.29) is 0 Å². The van der Waals surface area contributed by atoms with Crippen LogP contribution in [-0.4, -0.2) is 4.98 Å². The van der Waals surface area contributed by atoms with E-state index in [2.05, 4.69) is 104 Å². The lowest BCUT2D eigenvalue weighted by Crippen LogP contribution is -1.90. The number of benzene rings is 1. The summed E-state index contributed by atoms with van der Waals surface area (Å²) in [7, 11) is 0. The van der Waals surface area contributed by atoms with Crippen molar-refractivity contribution in [3.63, 3.8) is 0 Å². The van der Waals surface area contributed by atoms with Gasteiger partial charge in [0, 0.05) is 12.9 Å². The summed E-state index contributed by atoms with van der Waals surface area (Å²) in [5, 5.41) is 1.25. The molecule has 1 atom stereocenters. The van der Waals surface area contributed by atoms with Gasteiger partial charge >= 0.3 is 0 Å². The third-order valence-corrected chi connectivity index (χ3v) is 4.38. The van der Waals surface area contributed by atoms with Crippen LogP contribution in [-0.2, 0) is 0 Å². The zero-order valence-corrected chi connectivity index (χ0v) is 14.4. The van der Waals surface area contributed by atoms with Gasteiger partial charge in [0.25, 0.3) is 0 Å². The number of pyridine rings is 1. The molecule has 1 heterocycles. The molecule has 0 saturated heterocycles. The quantitative estimate of drug-likeness (QED) is 0.287. The number of aromatic nitrogens is 1. The lowest BCUT2D eigenvalue weighted by atomic mass is 10.1. The summed E-state index contributed by atoms with van der Waals surface area (Å²) in [6.45, 7) is 2.20. The SMILES string of the molecule is CC(I)c1ccc2c(I)cc(I)nc2c1. The van der Waals surface area contributed by atoms with Gasteiger partial charge in [0.15, 0.2) is 0 Å². The van der Waals surface area contributed by atoms with Crippen LogP contribution in [0.2, 0.25) is 0 Å². The summed E-state index contributed by atoms with van der Waals surface area (Å²) in [4.78, 5) is 4.56. The predicted molar refractivity (Wildman–Crippen MR) is 89.6 cm³/mol. The van der Waals surface area contributed by atoms with Crippen LogP contribution in [0, 0.1) is 7.27 Å². The highest BCUT2D eigenvalue weighted by atomic mass is 127. The van der Waals surface area contributed by atoms with Gasteiger partial charge < -0.3 is 0 Å². The van der Waals surface area contributed by atoms with Crippen LogP contribution in [0.1, 0.15) is 16.4 Å². The van der Waals surface area contributed by atoms with Crippen LogP contribution in [0.15, 0.2) is 24.3 Å². The Labute approximate surface area is 130 Å². The molecule has 0 aliphatic rings. The van der Waals surface area contributed by atoms with Crippen molar-refractivity contribution in [1.82, 2.24) is 4.98 Å². The first kappa shape index (κ1) is 12.3. The molecule has 1 aromatic carbocycles. The Morgan fingerprint density at radius 3 is 2.60 bits per heavy atom. The zero-order valence-electron chi connectivity index (χ0n) is 7.97. The smallest absolute Gasteiger partial charge is 0.103 e. The van der Waals surface area contributed by atoms with Crippen molar-refractivity contribution >= 4 is 78.7 Å². The topological polar surface area (TPSA) is 12.9 Å². The van der Waals surface area contributed by atoms with Gasteiger partial charge in [-0.3, -0.25) is 0 Å². The molecule has 78 valence electrons. The highest BCUT2D eigenvalue weighted by molar-refractivity contribution is 14.1. The molecular formula is C11H8I3N. The molecule has 4 heteroatoms. The molecule has 0 aliphatic heterocycles. The van der Waals surface area contributed by atoms with Gasteiger partial charge in [-0.25, -0.2) is 4.98 Å². The highest BCUT2D eigenvalue weighted by Crippen LogP contribution is 2.27. The number of alkyl halides is 1. The Morgan fingerprint density at radius 1 is 1.20 bits per heavy atom. The average molecular weight is 535 g/mol. The molecule has 0 bridgehead atoms. The highest BCUT2D eigenvalue weighted by Gasteiger charge is 2.05. The van der Waals surface area contributed by atoms with E-state index in [4.69, 9.17) is 0 Å². The normalized spacial score (nSPS) is 13.1. The monoisotopic (exact) mass is 535 g/mol. The number of hydrogen-bond acceptors (Lipinski definition) is 1. The number of rotatable bonds is 1. The summed E-state index contributed by atoms with van der Waals surface area (Å²) in [6, 6.07) is 8.66. The summed E-state index contributed by atoms with van der Waals surface area (Å²) in [5.74, 6) is 0. The maximum atomic E-state index is 4.56. The van der Waals surface area contributed by atoms with E-state index in [1.807, 2.05) is 0 Å². The molecule has 15 heavy (non-hydrogen) atoms. The van der Waals surface area contributed by atoms with E-state index in [1.54, 1.807) is 0 Å². The van der Waals surface area contributed by atoms with Crippen molar-refractivity contribution in [2.75, 3.05) is 0 Å². The lowest BCUT2D eigenvalue weighted by molar-refractivity contribution is 1.15. The summed E-state index contributed by atoms with van der Waals surface area (Å²) in [6.07, 6.45) is 0. The Morgan fingerprint density at radius 2 is 1.93 bits per heavy atom. The molecule has 0 radical (unpaired) electrons. The van der Waals surface area contributed by atoms with Gasteiger partial charge in [-0.15, -0.1) is 0 Å². The minimum atomic E-state index is 0.532. The van der Waals surface area contributed by atoms with Gasteiger partial charge in [0.2, 0.25) is 0 Å². The van der Waals surface area contributed by atoms with Gasteiger partial charge in [0.1, 0.15) is 3.70 Å². The first-order valence-electron chi connectivity index (χ1n) is 4.47. The maximum Gasteiger partial charge on any atom is 0.103 e. The molecule has 1 aromatic heterocycles. The molecule has 1 unspecified atom stereocenters. The minimum absolute atomic E-state index is 0.532. The Balaban J connectivity index is 2.71. The van der Waals surface area contributed by atoms with Gasteiger partial charge in [0.05, 0.1) is 5.52 Å². The van der Waals surface area contributed by atoms with E-state index in [0.29, 0.717) is 3.92 Å². The van der Waals surface area contributed by atoms with E-state index >= 15 is 0 Å². The lowest BCUT2D eigenvalue weighted by Gasteiger charge is -2.06. The first-order valence-corrected chi connectivity index (χ1v) is 7.88. The molecule has 0 amide bonds. The molecule has 0 fully saturated rings. The van der Waals surface area contributed by atoms with Crippen molar-refractivity contribution in [3.8, 4) is 0 Å². The van der Waals surface area contributed by atoms with E-state index in [9.17, 15) is 0 Å². The van der Waals surface area contributed by atoms with E-state index in [1.165, 1.54) is 14.5 Å². The van der Waals surface area contributed by atoms with Crippen LogP contribution in [0.25, 0.3) is 10.9 Å². The Hall–Kier alpha value is 0.820. The van der Waals surface area contributed by atoms with E-state index in [0.717, 1.165) is 9.22 Å². The fourth-order valence-corrected chi connectivity index (χ4v) is 3.73. The van der Waals surface area contributed by atoms with Crippen molar-refractivity contribution in [2.24, 2.45) is 0 Å². The molecule has 2 aromatic rings. The van der Waals surface area contributed by atoms with Crippen LogP contribution in [0.5, 0.6) is 0 Å². The summed E-state index contributed by atoms with van der Waals surface area (Å²) >= 11 is 7.06. The van der Waals surface area contributed by atoms with Crippen LogP contribution >= 0.6 is 67.8 Å². The average Bonchev–Trinajstić information content (AvgIpc) is 2.16. The largest absolute Gasteiger partial charge is 0.242 e. The van der Waals surface area contributed by atoms with Crippen LogP contribution < -0.4 is 0 Å². The van der Waals surface area contributed by atoms with Crippen LogP contribution in [0.4, 0.5) is 0 Å². The van der Waals surface area contributed by atoms with Gasteiger partial charge in [-0.05, 0) is 69.8 Å². The standard InChI is InChI=1S/C11H8I3N/c1-6(12)7-2-3-8-9(13)5-11(14)15-10(8)4-7/h2-6H,1H3. The van der Waals surface area contributed by atoms with Crippen molar-refractivity contribution in [1.29, 1.82) is 0 Å². The molecule has 2 rings (SSSR count). The molecule has 0 spiro atoms. The maximum absolute atomic E-state index is 4.56. The summed E-state index contributed by atoms with van der Waals surface area (Å²) in [5.41, 5.74) is 2.45. The molecule has 0 saturated carbocycles. The molecular weight excluding hydrogens is 527 g/mol. The third kappa shape index (κ3) is 2.74. The predicted octanol–water partition coefficient (Wildman–Crippen LogP) is 4.94. The number of hydrogen-bond donors (Lipinski definition) is 0. The molecule has 1 nitrogen and oxygen atoms in total. The van der Waals surface area contributed by atoms with Crippen LogP contribution in [0.3, 0.4) is 0 Å². The third-order valence-electron chi connectivity index (χ3n) is 2.21. The fraction of sp³-hybridized carbons (Fsp3) is 0.182. The van der Waals surface area contributed by atoms with Gasteiger partial charge in [-0.2, -0.15) is 0 Å². The minimum Gasteiger partial charge on any atom is -0.242 e. The fourth-order valence-electron chi connectivity index (χ4n) is 1.42. The second-order valence-corrected chi connectivity index (χ2v) is 7.46. The second-order valence-electron chi connectivity index (χ2n) is 3.32. The van der Waals surface area contributed by atoms with Crippen molar-refractivity contribution in [3.05, 3.63) is 37.1 Å². The summed E-state index contributed by atoms with van der Waals surface area (Å²) < 4.78 is 2.86. The second kappa shape index (κ2) is 4.99. The number of fused-ring (bicyclic) bond motifs is 1. The number of halogens is 3. The zero-order chi connectivity index (χ0) is 11.0. The molecule has 0 N–H and O–H groups in total. The number of nitrogens with zero attached hydrogens (tertiary/aromatic N) is 1. The molecule has 0 aliphatic carbocycles. The Bertz CT molecular complexity index is 508.